The molecule has 0 saturated heterocycles. The van der Waals surface area contributed by atoms with E-state index in [4.69, 9.17) is 63.1 Å². The van der Waals surface area contributed by atoms with Crippen molar-refractivity contribution >= 4 is 84.8 Å². The number of benzene rings is 9. The van der Waals surface area contributed by atoms with Crippen molar-refractivity contribution in [3.8, 4) is 39.6 Å². The topological polar surface area (TPSA) is 118 Å². The number of azo groups is 2. The van der Waals surface area contributed by atoms with Crippen molar-refractivity contribution in [1.29, 1.82) is 0 Å². The molecule has 12 nitrogen and oxygen atoms in total. The van der Waals surface area contributed by atoms with Crippen LogP contribution < -0.4 is 19.4 Å². The molecule has 0 aliphatic carbocycles. The van der Waals surface area contributed by atoms with E-state index in [-0.39, 0.29) is 12.5 Å². The van der Waals surface area contributed by atoms with E-state index in [1.54, 1.807) is 16.0 Å². The molecule has 1 aromatic heterocycles. The number of hydrogen-bond acceptors (Lipinski definition) is 10. The van der Waals surface area contributed by atoms with E-state index in [1.807, 2.05) is 184 Å². The summed E-state index contributed by atoms with van der Waals surface area (Å²) in [6.45, 7) is 11.8. The van der Waals surface area contributed by atoms with Gasteiger partial charge in [0.15, 0.2) is 11.5 Å². The van der Waals surface area contributed by atoms with Crippen molar-refractivity contribution in [3.05, 3.63) is 215 Å². The van der Waals surface area contributed by atoms with Gasteiger partial charge in [-0.3, -0.25) is 14.7 Å². The number of nitrogens with zero attached hydrogens (tertiary/aromatic N) is 8. The molecule has 0 aliphatic heterocycles. The van der Waals surface area contributed by atoms with Crippen molar-refractivity contribution in [2.24, 2.45) is 20.5 Å². The largest absolute Gasteiger partial charge is 0.491 e. The Kier molecular flexibility index (Phi) is 16.3. The molecule has 0 saturated carbocycles. The summed E-state index contributed by atoms with van der Waals surface area (Å²) >= 11 is 13.2. The Balaban J connectivity index is 0.943. The molecule has 10 aromatic rings. The number of hydroxylamine groups is 1. The van der Waals surface area contributed by atoms with E-state index < -0.39 is 0 Å². The van der Waals surface area contributed by atoms with Gasteiger partial charge >= 0.3 is 0 Å². The van der Waals surface area contributed by atoms with Gasteiger partial charge in [0.05, 0.1) is 57.3 Å². The van der Waals surface area contributed by atoms with Crippen LogP contribution >= 0.6 is 23.2 Å². The second-order valence-electron chi connectivity index (χ2n) is 18.2. The van der Waals surface area contributed by atoms with Crippen molar-refractivity contribution in [3.63, 3.8) is 0 Å². The molecule has 0 unspecified atom stereocenters. The molecule has 14 heteroatoms. The van der Waals surface area contributed by atoms with Crippen LogP contribution in [-0.2, 0) is 11.4 Å². The molecule has 0 atom stereocenters. The van der Waals surface area contributed by atoms with Gasteiger partial charge in [-0.2, -0.15) is 15.3 Å². The number of carbonyl (C=O) groups excluding carboxylic acids is 1. The summed E-state index contributed by atoms with van der Waals surface area (Å²) in [4.78, 5) is 22.5. The van der Waals surface area contributed by atoms with Crippen LogP contribution in [0.15, 0.2) is 209 Å². The summed E-state index contributed by atoms with van der Waals surface area (Å²) in [5.74, 6) is 0.698. The third kappa shape index (κ3) is 11.2. The van der Waals surface area contributed by atoms with E-state index in [1.165, 1.54) is 0 Å². The molecule has 0 aliphatic rings. The van der Waals surface area contributed by atoms with Crippen LogP contribution in [0.25, 0.3) is 49.6 Å². The van der Waals surface area contributed by atoms with Gasteiger partial charge in [-0.15, -0.1) is 10.2 Å². The van der Waals surface area contributed by atoms with Crippen molar-refractivity contribution in [2.75, 3.05) is 36.3 Å². The smallest absolute Gasteiger partial charge is 0.262 e. The van der Waals surface area contributed by atoms with Gasteiger partial charge in [0.1, 0.15) is 23.7 Å². The fraction of sp³-hybridized carbons (Fsp3) is 0.156. The number of aromatic nitrogens is 2. The average molecular weight is 1070 g/mol. The summed E-state index contributed by atoms with van der Waals surface area (Å²) in [5.41, 5.74) is 10.6. The molecule has 9 aromatic carbocycles. The van der Waals surface area contributed by atoms with Gasteiger partial charge in [0.25, 0.3) is 5.91 Å². The summed E-state index contributed by atoms with van der Waals surface area (Å²) < 4.78 is 14.4. The quantitative estimate of drug-likeness (QED) is 0.0588. The van der Waals surface area contributed by atoms with Crippen LogP contribution in [0, 0.1) is 6.92 Å². The fourth-order valence-corrected chi connectivity index (χ4v) is 9.81. The third-order valence-corrected chi connectivity index (χ3v) is 13.8. The van der Waals surface area contributed by atoms with Crippen molar-refractivity contribution in [1.82, 2.24) is 9.78 Å². The van der Waals surface area contributed by atoms with E-state index in [0.29, 0.717) is 81.8 Å². The number of rotatable bonds is 19. The Bertz CT molecular complexity index is 3820. The lowest BCUT2D eigenvalue weighted by Gasteiger charge is -2.24. The maximum Gasteiger partial charge on any atom is 0.262 e. The summed E-state index contributed by atoms with van der Waals surface area (Å²) in [5, 5.41) is 30.7. The summed E-state index contributed by atoms with van der Waals surface area (Å²) in [7, 11) is 0. The molecule has 0 N–H and O–H groups in total. The maximum atomic E-state index is 14.4. The highest BCUT2D eigenvalue weighted by atomic mass is 35.5. The first-order valence-corrected chi connectivity index (χ1v) is 26.7. The number of ether oxygens (including phenoxy) is 2. The molecule has 1 amide bonds. The molecule has 0 spiro atoms. The van der Waals surface area contributed by atoms with Crippen LogP contribution in [0.4, 0.5) is 34.1 Å². The van der Waals surface area contributed by atoms with Crippen LogP contribution in [0.2, 0.25) is 10.0 Å². The normalized spacial score (nSPS) is 11.5. The number of carbonyl (C=O) groups is 1. The highest BCUT2D eigenvalue weighted by molar-refractivity contribution is 6.34. The third-order valence-electron chi connectivity index (χ3n) is 13.2. The number of aryl methyl sites for hydroxylation is 1. The maximum absolute atomic E-state index is 14.4. The zero-order valence-corrected chi connectivity index (χ0v) is 45.4. The van der Waals surface area contributed by atoms with Gasteiger partial charge in [-0.25, -0.2) is 4.68 Å². The predicted molar refractivity (Wildman–Crippen MR) is 316 cm³/mol. The number of hydrogen-bond donors (Lipinski definition) is 0. The molecular weight excluding hydrogens is 1020 g/mol. The van der Waals surface area contributed by atoms with Gasteiger partial charge in [0.2, 0.25) is 0 Å². The van der Waals surface area contributed by atoms with Gasteiger partial charge in [-0.1, -0.05) is 138 Å². The Hall–Kier alpha value is -8.68. The Morgan fingerprint density at radius 3 is 1.72 bits per heavy atom. The Morgan fingerprint density at radius 2 is 1.12 bits per heavy atom. The van der Waals surface area contributed by atoms with E-state index in [2.05, 4.69) is 37.3 Å². The average Bonchev–Trinajstić information content (AvgIpc) is 4.00. The highest BCUT2D eigenvalue weighted by Crippen LogP contribution is 2.44. The van der Waals surface area contributed by atoms with Crippen LogP contribution in [-0.4, -0.2) is 42.0 Å². The van der Waals surface area contributed by atoms with Crippen LogP contribution in [0.3, 0.4) is 0 Å². The Labute approximate surface area is 463 Å². The minimum absolute atomic E-state index is 0.222. The van der Waals surface area contributed by atoms with E-state index in [9.17, 15) is 4.79 Å². The van der Waals surface area contributed by atoms with Crippen LogP contribution in [0.1, 0.15) is 49.2 Å². The number of anilines is 2. The Morgan fingerprint density at radius 1 is 0.577 bits per heavy atom. The zero-order chi connectivity index (χ0) is 54.1. The fourth-order valence-electron chi connectivity index (χ4n) is 9.35. The molecule has 1 heterocycles. The SMILES string of the molecule is CCOc1c(CON(CC)c2ccccc2Cl)cc2ccccc2c1N=Nc1ccc(-n2cc(-c3ccc(N=Nc4c(OCC)c(C(=O)N(CC)c5ccccc5Cl)cc5ccccc45)cc3)c(-c3ccc(C)cc3)n2)cc1. The molecule has 390 valence electrons. The first kappa shape index (κ1) is 52.7. The molecule has 10 rings (SSSR count). The molecule has 78 heavy (non-hydrogen) atoms. The standard InChI is InChI=1S/C64H56Cl2N8O4/c1-6-72(57-24-16-14-22-55(57)65)64(75)53-39-46-19-11-13-21-52(46)61(63(53)77-9-4)70-67-48-32-30-43(31-33-48)54-40-73(71-59(54)44-28-26-42(5)27-29-44)50-36-34-49(35-37-50)68-69-60-51-20-12-10-18-45(51)38-47(62(60)76-8-3)41-78-74(7-2)58-25-17-15-23-56(58)66/h10-40H,6-9,41H2,1-5H3. The number of fused-ring (bicyclic) bond motifs is 2. The van der Waals surface area contributed by atoms with Crippen molar-refractivity contribution < 1.29 is 19.1 Å². The molecule has 0 fully saturated rings. The van der Waals surface area contributed by atoms with Gasteiger partial charge in [0, 0.05) is 46.7 Å². The van der Waals surface area contributed by atoms with Crippen molar-refractivity contribution in [2.45, 2.75) is 41.2 Å². The highest BCUT2D eigenvalue weighted by Gasteiger charge is 2.26. The lowest BCUT2D eigenvalue weighted by Crippen LogP contribution is -2.31. The number of para-hydroxylation sites is 2. The molecular formula is C64H56Cl2N8O4. The van der Waals surface area contributed by atoms with Crippen LogP contribution in [0.5, 0.6) is 11.5 Å². The molecule has 0 bridgehead atoms. The minimum atomic E-state index is -0.257. The summed E-state index contributed by atoms with van der Waals surface area (Å²) in [6.07, 6.45) is 2.03. The predicted octanol–water partition coefficient (Wildman–Crippen LogP) is 18.4. The lowest BCUT2D eigenvalue weighted by molar-refractivity contribution is 0.0954. The lowest BCUT2D eigenvalue weighted by atomic mass is 10.0. The minimum Gasteiger partial charge on any atom is -0.491 e. The van der Waals surface area contributed by atoms with E-state index >= 15 is 0 Å². The molecule has 0 radical (unpaired) electrons. The van der Waals surface area contributed by atoms with Gasteiger partial charge < -0.3 is 14.4 Å². The summed E-state index contributed by atoms with van der Waals surface area (Å²) in [6, 6.07) is 58.7. The second-order valence-corrected chi connectivity index (χ2v) is 19.0. The zero-order valence-electron chi connectivity index (χ0n) is 43.9. The van der Waals surface area contributed by atoms with Gasteiger partial charge in [-0.05, 0) is 124 Å². The van der Waals surface area contributed by atoms with E-state index in [0.717, 1.165) is 66.4 Å². The monoisotopic (exact) mass is 1070 g/mol. The first-order valence-electron chi connectivity index (χ1n) is 25.9. The first-order chi connectivity index (χ1) is 38.2. The second kappa shape index (κ2) is 24.1. The number of amides is 1. The number of halogens is 2.